The van der Waals surface area contributed by atoms with Crippen LogP contribution in [0.25, 0.3) is 11.1 Å². The number of benzene rings is 1. The Hall–Kier alpha value is -3.15. The van der Waals surface area contributed by atoms with Crippen molar-refractivity contribution in [1.82, 2.24) is 19.7 Å². The first-order valence-corrected chi connectivity index (χ1v) is 13.7. The number of carbonyl (C=O) groups excluding carboxylic acids is 2. The number of likely N-dealkylation sites (tertiary alicyclic amines) is 1. The molecule has 3 heterocycles. The Morgan fingerprint density at radius 2 is 1.79 bits per heavy atom. The second kappa shape index (κ2) is 11.3. The number of pyridine rings is 1. The summed E-state index contributed by atoms with van der Waals surface area (Å²) in [6.45, 7) is 10.6. The van der Waals surface area contributed by atoms with Crippen molar-refractivity contribution in [2.45, 2.75) is 59.1 Å². The average Bonchev–Trinajstić information content (AvgIpc) is 3.25. The smallest absolute Gasteiger partial charge is 0.410 e. The number of piperidine rings is 1. The summed E-state index contributed by atoms with van der Waals surface area (Å²) in [6.07, 6.45) is 4.53. The molecule has 1 N–H and O–H groups in total. The Kier molecular flexibility index (Phi) is 8.29. The van der Waals surface area contributed by atoms with E-state index >= 15 is 0 Å². The molecule has 0 spiro atoms. The van der Waals surface area contributed by atoms with E-state index < -0.39 is 5.60 Å². The van der Waals surface area contributed by atoms with Crippen molar-refractivity contribution < 1.29 is 19.1 Å². The fourth-order valence-electron chi connectivity index (χ4n) is 4.56. The van der Waals surface area contributed by atoms with Crippen LogP contribution in [0.3, 0.4) is 0 Å². The van der Waals surface area contributed by atoms with Gasteiger partial charge in [-0.05, 0) is 105 Å². The van der Waals surface area contributed by atoms with Crippen molar-refractivity contribution >= 4 is 40.4 Å². The minimum atomic E-state index is -0.533. The maximum Gasteiger partial charge on any atom is 0.410 e. The molecule has 1 aliphatic heterocycles. The molecule has 0 radical (unpaired) electrons. The van der Waals surface area contributed by atoms with Gasteiger partial charge in [-0.1, -0.05) is 6.07 Å². The van der Waals surface area contributed by atoms with E-state index in [9.17, 15) is 9.59 Å². The monoisotopic (exact) mass is 631 g/mol. The minimum absolute atomic E-state index is 0.00688. The second-order valence-corrected chi connectivity index (χ2v) is 11.7. The van der Waals surface area contributed by atoms with Crippen LogP contribution in [0.4, 0.5) is 10.6 Å². The van der Waals surface area contributed by atoms with Crippen molar-refractivity contribution in [1.29, 1.82) is 0 Å². The Morgan fingerprint density at radius 1 is 1.08 bits per heavy atom. The minimum Gasteiger partial charge on any atom is -0.497 e. The summed E-state index contributed by atoms with van der Waals surface area (Å²) in [7, 11) is 1.65. The molecule has 202 valence electrons. The molecule has 1 aromatic carbocycles. The average molecular weight is 632 g/mol. The van der Waals surface area contributed by atoms with Gasteiger partial charge in [-0.3, -0.25) is 9.48 Å². The first-order chi connectivity index (χ1) is 18.0. The molecule has 0 bridgehead atoms. The number of anilines is 1. The number of rotatable bonds is 5. The van der Waals surface area contributed by atoms with Gasteiger partial charge in [0.2, 0.25) is 0 Å². The Bertz CT molecular complexity index is 1340. The highest BCUT2D eigenvalue weighted by Crippen LogP contribution is 2.30. The molecule has 1 fully saturated rings. The van der Waals surface area contributed by atoms with E-state index in [0.29, 0.717) is 37.4 Å². The van der Waals surface area contributed by atoms with Crippen LogP contribution in [-0.2, 0) is 4.74 Å². The molecule has 4 rings (SSSR count). The summed E-state index contributed by atoms with van der Waals surface area (Å²) >= 11 is 2.14. The van der Waals surface area contributed by atoms with Gasteiger partial charge in [0.1, 0.15) is 22.9 Å². The van der Waals surface area contributed by atoms with Gasteiger partial charge in [0, 0.05) is 24.8 Å². The highest BCUT2D eigenvalue weighted by atomic mass is 127. The zero-order valence-electron chi connectivity index (χ0n) is 22.7. The maximum atomic E-state index is 13.4. The number of amides is 2. The van der Waals surface area contributed by atoms with E-state index in [-0.39, 0.29) is 18.0 Å². The fourth-order valence-corrected chi connectivity index (χ4v) is 5.17. The van der Waals surface area contributed by atoms with Crippen molar-refractivity contribution in [2.24, 2.45) is 0 Å². The summed E-state index contributed by atoms with van der Waals surface area (Å²) in [5.41, 5.74) is 3.94. The summed E-state index contributed by atoms with van der Waals surface area (Å²) in [5, 5.41) is 7.49. The number of hydrogen-bond acceptors (Lipinski definition) is 6. The van der Waals surface area contributed by atoms with Gasteiger partial charge < -0.3 is 19.7 Å². The molecule has 3 aromatic rings. The first kappa shape index (κ1) is 27.9. The molecular weight excluding hydrogens is 597 g/mol. The Morgan fingerprint density at radius 3 is 2.39 bits per heavy atom. The van der Waals surface area contributed by atoms with Crippen molar-refractivity contribution in [3.63, 3.8) is 0 Å². The van der Waals surface area contributed by atoms with Gasteiger partial charge in [-0.15, -0.1) is 0 Å². The molecule has 2 amide bonds. The molecule has 1 saturated heterocycles. The van der Waals surface area contributed by atoms with Crippen molar-refractivity contribution in [3.8, 4) is 16.9 Å². The fraction of sp³-hybridized carbons (Fsp3) is 0.429. The molecule has 2 aromatic heterocycles. The summed E-state index contributed by atoms with van der Waals surface area (Å²) in [5.74, 6) is 1.06. The van der Waals surface area contributed by atoms with Crippen LogP contribution in [-0.4, -0.2) is 57.5 Å². The molecule has 0 aliphatic carbocycles. The third-order valence-electron chi connectivity index (χ3n) is 6.48. The van der Waals surface area contributed by atoms with Gasteiger partial charge in [0.25, 0.3) is 5.91 Å². The van der Waals surface area contributed by atoms with Crippen LogP contribution in [0.2, 0.25) is 0 Å². The topological polar surface area (TPSA) is 98.6 Å². The highest BCUT2D eigenvalue weighted by molar-refractivity contribution is 14.1. The summed E-state index contributed by atoms with van der Waals surface area (Å²) in [4.78, 5) is 32.1. The van der Waals surface area contributed by atoms with Crippen LogP contribution >= 0.6 is 22.6 Å². The van der Waals surface area contributed by atoms with E-state index in [2.05, 4.69) is 38.0 Å². The number of carbonyl (C=O) groups is 2. The SMILES string of the molecule is COc1ccc(-c2cnc(NC(=O)c3c(I)cnn3C3CCN(C(=O)OC(C)(C)C)CC3)c(C)c2)c(C)c1. The van der Waals surface area contributed by atoms with E-state index in [4.69, 9.17) is 9.47 Å². The predicted octanol–water partition coefficient (Wildman–Crippen LogP) is 6.00. The third-order valence-corrected chi connectivity index (χ3v) is 7.27. The Labute approximate surface area is 237 Å². The number of ether oxygens (including phenoxy) is 2. The van der Waals surface area contributed by atoms with Crippen LogP contribution in [0.15, 0.2) is 36.7 Å². The number of aryl methyl sites for hydroxylation is 2. The van der Waals surface area contributed by atoms with Gasteiger partial charge in [-0.2, -0.15) is 5.10 Å². The van der Waals surface area contributed by atoms with Crippen molar-refractivity contribution in [2.75, 3.05) is 25.5 Å². The quantitative estimate of drug-likeness (QED) is 0.347. The standard InChI is InChI=1S/C28H34IN5O4/c1-17-14-21(37-6)7-8-22(17)19-13-18(2)25(30-15-19)32-26(35)24-23(29)16-31-34(24)20-9-11-33(12-10-20)27(36)38-28(3,4)5/h7-8,13-16,20H,9-12H2,1-6H3,(H,30,32,35). The molecule has 1 aliphatic rings. The van der Waals surface area contributed by atoms with E-state index in [1.165, 1.54) is 0 Å². The number of halogens is 1. The van der Waals surface area contributed by atoms with Crippen LogP contribution in [0, 0.1) is 17.4 Å². The largest absolute Gasteiger partial charge is 0.497 e. The molecule has 0 saturated carbocycles. The van der Waals surface area contributed by atoms with Crippen molar-refractivity contribution in [3.05, 3.63) is 57.1 Å². The molecule has 0 atom stereocenters. The van der Waals surface area contributed by atoms with Gasteiger partial charge in [0.05, 0.1) is 22.9 Å². The zero-order chi connectivity index (χ0) is 27.6. The lowest BCUT2D eigenvalue weighted by Crippen LogP contribution is -2.42. The number of aromatic nitrogens is 3. The molecular formula is C28H34IN5O4. The number of nitrogens with zero attached hydrogens (tertiary/aromatic N) is 4. The van der Waals surface area contributed by atoms with Crippen LogP contribution in [0.1, 0.15) is 61.3 Å². The van der Waals surface area contributed by atoms with Crippen LogP contribution < -0.4 is 10.1 Å². The molecule has 10 heteroatoms. The lowest BCUT2D eigenvalue weighted by atomic mass is 10.0. The lowest BCUT2D eigenvalue weighted by Gasteiger charge is -2.33. The van der Waals surface area contributed by atoms with Gasteiger partial charge in [-0.25, -0.2) is 9.78 Å². The maximum absolute atomic E-state index is 13.4. The predicted molar refractivity (Wildman–Crippen MR) is 155 cm³/mol. The normalized spacial score (nSPS) is 14.3. The van der Waals surface area contributed by atoms with Gasteiger partial charge in [0.15, 0.2) is 0 Å². The van der Waals surface area contributed by atoms with Crippen LogP contribution in [0.5, 0.6) is 5.75 Å². The molecule has 9 nitrogen and oxygen atoms in total. The number of methoxy groups -OCH3 is 1. The Balaban J connectivity index is 1.47. The number of hydrogen-bond donors (Lipinski definition) is 1. The zero-order valence-corrected chi connectivity index (χ0v) is 24.8. The summed E-state index contributed by atoms with van der Waals surface area (Å²) < 4.78 is 13.4. The molecule has 0 unspecified atom stereocenters. The van der Waals surface area contributed by atoms with Gasteiger partial charge >= 0.3 is 6.09 Å². The lowest BCUT2D eigenvalue weighted by molar-refractivity contribution is 0.0183. The van der Waals surface area contributed by atoms with E-state index in [0.717, 1.165) is 31.6 Å². The highest BCUT2D eigenvalue weighted by Gasteiger charge is 2.30. The van der Waals surface area contributed by atoms with E-state index in [1.54, 1.807) is 29.1 Å². The number of nitrogens with one attached hydrogen (secondary N) is 1. The summed E-state index contributed by atoms with van der Waals surface area (Å²) in [6, 6.07) is 7.95. The first-order valence-electron chi connectivity index (χ1n) is 12.6. The van der Waals surface area contributed by atoms with E-state index in [1.807, 2.05) is 58.9 Å². The third kappa shape index (κ3) is 6.28. The second-order valence-electron chi connectivity index (χ2n) is 10.5. The molecule has 38 heavy (non-hydrogen) atoms.